The van der Waals surface area contributed by atoms with E-state index >= 15 is 0 Å². The van der Waals surface area contributed by atoms with Crippen molar-refractivity contribution in [3.8, 4) is 5.75 Å². The Morgan fingerprint density at radius 2 is 1.65 bits per heavy atom. The Bertz CT molecular complexity index is 578. The van der Waals surface area contributed by atoms with Crippen molar-refractivity contribution in [2.75, 3.05) is 18.1 Å². The van der Waals surface area contributed by atoms with E-state index < -0.39 is 0 Å². The van der Waals surface area contributed by atoms with E-state index in [1.807, 2.05) is 6.92 Å². The van der Waals surface area contributed by atoms with Crippen LogP contribution in [-0.2, 0) is 0 Å². The molecule has 2 nitrogen and oxygen atoms in total. The first kappa shape index (κ1) is 16.4. The van der Waals surface area contributed by atoms with E-state index in [0.717, 1.165) is 5.75 Å². The molecule has 3 rings (SSSR count). The number of thioether (sulfide) groups is 1. The normalized spacial score (nSPS) is 16.9. The fourth-order valence-corrected chi connectivity index (χ4v) is 4.16. The third kappa shape index (κ3) is 4.52. The highest BCUT2D eigenvalue weighted by atomic mass is 32.2. The highest BCUT2D eigenvalue weighted by Gasteiger charge is 2.20. The summed E-state index contributed by atoms with van der Waals surface area (Å²) in [5.74, 6) is 3.47. The molecule has 0 bridgehead atoms. The number of nitrogens with one attached hydrogen (secondary N) is 1. The lowest BCUT2D eigenvalue weighted by molar-refractivity contribution is 0.340. The lowest BCUT2D eigenvalue weighted by Gasteiger charge is -2.29. The highest BCUT2D eigenvalue weighted by molar-refractivity contribution is 7.99. The first-order valence-electron chi connectivity index (χ1n) is 8.48. The van der Waals surface area contributed by atoms with Crippen molar-refractivity contribution in [1.29, 1.82) is 0 Å². The third-order valence-corrected chi connectivity index (χ3v) is 5.33. The van der Waals surface area contributed by atoms with Gasteiger partial charge in [-0.2, -0.15) is 11.8 Å². The van der Waals surface area contributed by atoms with Crippen molar-refractivity contribution in [3.05, 3.63) is 65.7 Å². The van der Waals surface area contributed by atoms with Gasteiger partial charge in [-0.3, -0.25) is 0 Å². The molecule has 2 aromatic carbocycles. The minimum Gasteiger partial charge on any atom is -0.494 e. The standard InChI is InChI=1S/C20H25NOS/c1-2-22-19-10-8-17(9-11-19)20(16-6-4-3-5-7-16)21-18-12-14-23-15-13-18/h3-11,18,20-21H,2,12-15H2,1H3. The number of benzene rings is 2. The lowest BCUT2D eigenvalue weighted by Crippen LogP contribution is -2.36. The predicted molar refractivity (Wildman–Crippen MR) is 99.4 cm³/mol. The van der Waals surface area contributed by atoms with Gasteiger partial charge in [-0.15, -0.1) is 0 Å². The molecule has 0 aliphatic carbocycles. The average molecular weight is 327 g/mol. The monoisotopic (exact) mass is 327 g/mol. The van der Waals surface area contributed by atoms with Crippen molar-refractivity contribution in [3.63, 3.8) is 0 Å². The first-order chi connectivity index (χ1) is 11.4. The van der Waals surface area contributed by atoms with E-state index in [-0.39, 0.29) is 6.04 Å². The molecule has 3 heteroatoms. The summed E-state index contributed by atoms with van der Waals surface area (Å²) in [6.07, 6.45) is 2.51. The summed E-state index contributed by atoms with van der Waals surface area (Å²) in [4.78, 5) is 0. The second-order valence-corrected chi connectivity index (χ2v) is 7.12. The quantitative estimate of drug-likeness (QED) is 0.834. The van der Waals surface area contributed by atoms with E-state index in [9.17, 15) is 0 Å². The van der Waals surface area contributed by atoms with Gasteiger partial charge >= 0.3 is 0 Å². The molecule has 1 aliphatic rings. The Labute approximate surface area is 143 Å². The third-order valence-electron chi connectivity index (χ3n) is 4.28. The predicted octanol–water partition coefficient (Wildman–Crippen LogP) is 4.66. The molecular formula is C20H25NOS. The van der Waals surface area contributed by atoms with Crippen LogP contribution in [0.1, 0.15) is 36.9 Å². The smallest absolute Gasteiger partial charge is 0.119 e. The Morgan fingerprint density at radius 1 is 1.00 bits per heavy atom. The number of hydrogen-bond donors (Lipinski definition) is 1. The Kier molecular flexibility index (Phi) is 6.00. The van der Waals surface area contributed by atoms with Crippen molar-refractivity contribution >= 4 is 11.8 Å². The van der Waals surface area contributed by atoms with Gasteiger partial charge in [0.15, 0.2) is 0 Å². The molecule has 1 N–H and O–H groups in total. The summed E-state index contributed by atoms with van der Waals surface area (Å²) >= 11 is 2.07. The molecule has 0 radical (unpaired) electrons. The van der Waals surface area contributed by atoms with Crippen LogP contribution < -0.4 is 10.1 Å². The number of rotatable bonds is 6. The van der Waals surface area contributed by atoms with Gasteiger partial charge in [0.05, 0.1) is 12.6 Å². The second kappa shape index (κ2) is 8.42. The van der Waals surface area contributed by atoms with Crippen LogP contribution in [-0.4, -0.2) is 24.2 Å². The molecule has 2 aromatic rings. The molecule has 0 saturated carbocycles. The molecule has 1 fully saturated rings. The van der Waals surface area contributed by atoms with Crippen LogP contribution >= 0.6 is 11.8 Å². The lowest BCUT2D eigenvalue weighted by atomic mass is 9.96. The Hall–Kier alpha value is -1.45. The topological polar surface area (TPSA) is 21.3 Å². The van der Waals surface area contributed by atoms with Crippen molar-refractivity contribution in [1.82, 2.24) is 5.32 Å². The maximum absolute atomic E-state index is 5.57. The fourth-order valence-electron chi connectivity index (χ4n) is 3.05. The summed E-state index contributed by atoms with van der Waals surface area (Å²) in [5, 5.41) is 3.89. The molecular weight excluding hydrogens is 302 g/mol. The molecule has 23 heavy (non-hydrogen) atoms. The van der Waals surface area contributed by atoms with Gasteiger partial charge in [-0.1, -0.05) is 42.5 Å². The highest BCUT2D eigenvalue weighted by Crippen LogP contribution is 2.27. The van der Waals surface area contributed by atoms with Crippen LogP contribution in [0.5, 0.6) is 5.75 Å². The van der Waals surface area contributed by atoms with Gasteiger partial charge in [-0.25, -0.2) is 0 Å². The molecule has 1 unspecified atom stereocenters. The van der Waals surface area contributed by atoms with Crippen LogP contribution in [0.2, 0.25) is 0 Å². The maximum atomic E-state index is 5.57. The second-order valence-electron chi connectivity index (χ2n) is 5.90. The van der Waals surface area contributed by atoms with E-state index in [1.165, 1.54) is 35.5 Å². The fraction of sp³-hybridized carbons (Fsp3) is 0.400. The first-order valence-corrected chi connectivity index (χ1v) is 9.64. The van der Waals surface area contributed by atoms with Gasteiger partial charge in [0.25, 0.3) is 0 Å². The van der Waals surface area contributed by atoms with Gasteiger partial charge in [0.1, 0.15) is 5.75 Å². The molecule has 1 saturated heterocycles. The number of ether oxygens (including phenoxy) is 1. The molecule has 1 heterocycles. The zero-order valence-electron chi connectivity index (χ0n) is 13.7. The van der Waals surface area contributed by atoms with E-state index in [2.05, 4.69) is 71.7 Å². The molecule has 0 spiro atoms. The van der Waals surface area contributed by atoms with Crippen LogP contribution in [0.25, 0.3) is 0 Å². The summed E-state index contributed by atoms with van der Waals surface area (Å²) in [6.45, 7) is 2.72. The summed E-state index contributed by atoms with van der Waals surface area (Å²) in [7, 11) is 0. The van der Waals surface area contributed by atoms with Gasteiger partial charge in [0.2, 0.25) is 0 Å². The minimum absolute atomic E-state index is 0.250. The zero-order chi connectivity index (χ0) is 15.9. The van der Waals surface area contributed by atoms with Crippen LogP contribution in [0.15, 0.2) is 54.6 Å². The molecule has 0 amide bonds. The van der Waals surface area contributed by atoms with Crippen LogP contribution in [0, 0.1) is 0 Å². The zero-order valence-corrected chi connectivity index (χ0v) is 14.5. The van der Waals surface area contributed by atoms with Gasteiger partial charge in [-0.05, 0) is 54.5 Å². The minimum atomic E-state index is 0.250. The van der Waals surface area contributed by atoms with Gasteiger partial charge < -0.3 is 10.1 Å². The summed E-state index contributed by atoms with van der Waals surface area (Å²) in [6, 6.07) is 20.1. The molecule has 1 aliphatic heterocycles. The molecule has 1 atom stereocenters. The van der Waals surface area contributed by atoms with Gasteiger partial charge in [0, 0.05) is 6.04 Å². The van der Waals surface area contributed by atoms with Crippen molar-refractivity contribution in [2.24, 2.45) is 0 Å². The Balaban J connectivity index is 1.81. The summed E-state index contributed by atoms with van der Waals surface area (Å²) in [5.41, 5.74) is 2.63. The molecule has 122 valence electrons. The maximum Gasteiger partial charge on any atom is 0.119 e. The molecule has 0 aromatic heterocycles. The van der Waals surface area contributed by atoms with E-state index in [1.54, 1.807) is 0 Å². The number of hydrogen-bond acceptors (Lipinski definition) is 3. The average Bonchev–Trinajstić information content (AvgIpc) is 2.62. The van der Waals surface area contributed by atoms with Crippen molar-refractivity contribution < 1.29 is 4.74 Å². The Morgan fingerprint density at radius 3 is 2.30 bits per heavy atom. The van der Waals surface area contributed by atoms with E-state index in [4.69, 9.17) is 4.74 Å². The van der Waals surface area contributed by atoms with Crippen LogP contribution in [0.4, 0.5) is 0 Å². The van der Waals surface area contributed by atoms with Crippen LogP contribution in [0.3, 0.4) is 0 Å². The van der Waals surface area contributed by atoms with Crippen molar-refractivity contribution in [2.45, 2.75) is 31.8 Å². The summed E-state index contributed by atoms with van der Waals surface area (Å²) < 4.78 is 5.57. The largest absolute Gasteiger partial charge is 0.494 e. The van der Waals surface area contributed by atoms with E-state index in [0.29, 0.717) is 12.6 Å². The SMILES string of the molecule is CCOc1ccc(C(NC2CCSCC2)c2ccccc2)cc1.